The quantitative estimate of drug-likeness (QED) is 0.344. The van der Waals surface area contributed by atoms with Gasteiger partial charge in [-0.05, 0) is 66.6 Å². The SMILES string of the molecule is CC(=O)Nc1ccc(/C(C)=N\NC(=O)c2ccc(N(Cc3ccc(Cl)cc3)S(C)(=O)=O)cc2)cc1. The maximum atomic E-state index is 12.5. The van der Waals surface area contributed by atoms with E-state index in [0.717, 1.165) is 17.4 Å². The van der Waals surface area contributed by atoms with Gasteiger partial charge in [-0.3, -0.25) is 13.9 Å². The Morgan fingerprint density at radius 2 is 1.46 bits per heavy atom. The number of carbonyl (C=O) groups excluding carboxylic acids is 2. The number of sulfonamides is 1. The van der Waals surface area contributed by atoms with Crippen LogP contribution in [-0.2, 0) is 21.4 Å². The third-order valence-electron chi connectivity index (χ3n) is 5.01. The summed E-state index contributed by atoms with van der Waals surface area (Å²) < 4.78 is 26.0. The molecule has 0 unspecified atom stereocenters. The van der Waals surface area contributed by atoms with Crippen molar-refractivity contribution in [2.75, 3.05) is 15.9 Å². The van der Waals surface area contributed by atoms with Crippen LogP contribution in [0.5, 0.6) is 0 Å². The van der Waals surface area contributed by atoms with E-state index in [1.807, 2.05) is 0 Å². The van der Waals surface area contributed by atoms with E-state index >= 15 is 0 Å². The van der Waals surface area contributed by atoms with Crippen molar-refractivity contribution in [2.24, 2.45) is 5.10 Å². The highest BCUT2D eigenvalue weighted by atomic mass is 35.5. The Kier molecular flexibility index (Phi) is 8.26. The molecule has 35 heavy (non-hydrogen) atoms. The van der Waals surface area contributed by atoms with Crippen LogP contribution in [0, 0.1) is 0 Å². The van der Waals surface area contributed by atoms with Crippen LogP contribution in [0.25, 0.3) is 0 Å². The lowest BCUT2D eigenvalue weighted by Crippen LogP contribution is -2.29. The van der Waals surface area contributed by atoms with Crippen molar-refractivity contribution in [1.82, 2.24) is 5.43 Å². The van der Waals surface area contributed by atoms with Gasteiger partial charge < -0.3 is 5.32 Å². The number of rotatable bonds is 8. The molecule has 0 fully saturated rings. The Bertz CT molecular complexity index is 1340. The van der Waals surface area contributed by atoms with Gasteiger partial charge in [-0.15, -0.1) is 0 Å². The van der Waals surface area contributed by atoms with Crippen LogP contribution >= 0.6 is 11.6 Å². The molecule has 2 amide bonds. The first-order valence-corrected chi connectivity index (χ1v) is 12.8. The monoisotopic (exact) mass is 512 g/mol. The average Bonchev–Trinajstić information content (AvgIpc) is 2.81. The van der Waals surface area contributed by atoms with Gasteiger partial charge in [-0.2, -0.15) is 5.10 Å². The lowest BCUT2D eigenvalue weighted by atomic mass is 10.1. The minimum atomic E-state index is -3.57. The molecule has 2 N–H and O–H groups in total. The van der Waals surface area contributed by atoms with Crippen molar-refractivity contribution in [3.05, 3.63) is 94.5 Å². The average molecular weight is 513 g/mol. The number of hydrazone groups is 1. The summed E-state index contributed by atoms with van der Waals surface area (Å²) >= 11 is 5.91. The fourth-order valence-corrected chi connectivity index (χ4v) is 4.21. The molecule has 0 aliphatic rings. The summed E-state index contributed by atoms with van der Waals surface area (Å²) in [5.74, 6) is -0.597. The number of amides is 2. The second kappa shape index (κ2) is 11.2. The predicted octanol–water partition coefficient (Wildman–Crippen LogP) is 4.42. The Hall–Kier alpha value is -3.69. The van der Waals surface area contributed by atoms with Gasteiger partial charge in [-0.1, -0.05) is 35.9 Å². The summed E-state index contributed by atoms with van der Waals surface area (Å²) in [4.78, 5) is 23.7. The van der Waals surface area contributed by atoms with Gasteiger partial charge in [0.25, 0.3) is 5.91 Å². The first-order chi connectivity index (χ1) is 16.5. The minimum Gasteiger partial charge on any atom is -0.326 e. The minimum absolute atomic E-state index is 0.131. The Labute approximate surface area is 209 Å². The Morgan fingerprint density at radius 1 is 0.886 bits per heavy atom. The largest absolute Gasteiger partial charge is 0.326 e. The van der Waals surface area contributed by atoms with E-state index in [1.54, 1.807) is 67.6 Å². The summed E-state index contributed by atoms with van der Waals surface area (Å²) in [5, 5.41) is 7.38. The molecule has 3 rings (SSSR count). The van der Waals surface area contributed by atoms with E-state index in [-0.39, 0.29) is 12.5 Å². The fourth-order valence-electron chi connectivity index (χ4n) is 3.20. The smallest absolute Gasteiger partial charge is 0.271 e. The van der Waals surface area contributed by atoms with Crippen molar-refractivity contribution in [3.63, 3.8) is 0 Å². The summed E-state index contributed by atoms with van der Waals surface area (Å²) in [7, 11) is -3.57. The number of carbonyl (C=O) groups is 2. The number of anilines is 2. The van der Waals surface area contributed by atoms with Crippen molar-refractivity contribution in [3.8, 4) is 0 Å². The summed E-state index contributed by atoms with van der Waals surface area (Å²) in [5.41, 5.74) is 6.05. The molecule has 0 bridgehead atoms. The highest BCUT2D eigenvalue weighted by molar-refractivity contribution is 7.92. The molecular formula is C25H25ClN4O4S. The van der Waals surface area contributed by atoms with E-state index in [9.17, 15) is 18.0 Å². The third-order valence-corrected chi connectivity index (χ3v) is 6.40. The zero-order valence-electron chi connectivity index (χ0n) is 19.4. The molecule has 8 nitrogen and oxygen atoms in total. The lowest BCUT2D eigenvalue weighted by Gasteiger charge is -2.22. The van der Waals surface area contributed by atoms with Gasteiger partial charge in [0.05, 0.1) is 24.2 Å². The van der Waals surface area contributed by atoms with Crippen LogP contribution in [-0.4, -0.2) is 32.2 Å². The highest BCUT2D eigenvalue weighted by Gasteiger charge is 2.18. The van der Waals surface area contributed by atoms with E-state index in [0.29, 0.717) is 27.7 Å². The van der Waals surface area contributed by atoms with Gasteiger partial charge in [0.1, 0.15) is 0 Å². The molecule has 0 radical (unpaired) electrons. The molecule has 3 aromatic rings. The molecule has 0 spiro atoms. The Balaban J connectivity index is 1.70. The first kappa shape index (κ1) is 25.9. The number of hydrogen-bond acceptors (Lipinski definition) is 5. The summed E-state index contributed by atoms with van der Waals surface area (Å²) in [6.45, 7) is 3.31. The summed E-state index contributed by atoms with van der Waals surface area (Å²) in [6.07, 6.45) is 1.13. The highest BCUT2D eigenvalue weighted by Crippen LogP contribution is 2.22. The molecule has 0 atom stereocenters. The molecule has 0 saturated heterocycles. The van der Waals surface area contributed by atoms with Gasteiger partial charge >= 0.3 is 0 Å². The van der Waals surface area contributed by atoms with Crippen molar-refractivity contribution in [2.45, 2.75) is 20.4 Å². The molecular weight excluding hydrogens is 488 g/mol. The Morgan fingerprint density at radius 3 is 2.00 bits per heavy atom. The van der Waals surface area contributed by atoms with E-state index in [4.69, 9.17) is 11.6 Å². The second-order valence-electron chi connectivity index (χ2n) is 7.84. The molecule has 182 valence electrons. The van der Waals surface area contributed by atoms with E-state index < -0.39 is 15.9 Å². The number of halogens is 1. The molecule has 0 aliphatic carbocycles. The number of nitrogens with zero attached hydrogens (tertiary/aromatic N) is 2. The van der Waals surface area contributed by atoms with Crippen molar-refractivity contribution in [1.29, 1.82) is 0 Å². The predicted molar refractivity (Wildman–Crippen MR) is 139 cm³/mol. The van der Waals surface area contributed by atoms with Gasteiger partial charge in [0.2, 0.25) is 15.9 Å². The normalized spacial score (nSPS) is 11.6. The summed E-state index contributed by atoms with van der Waals surface area (Å²) in [6, 6.07) is 20.2. The van der Waals surface area contributed by atoms with Crippen LogP contribution < -0.4 is 15.0 Å². The molecule has 0 saturated carbocycles. The molecule has 0 aromatic heterocycles. The van der Waals surface area contributed by atoms with Crippen LogP contribution in [0.1, 0.15) is 35.3 Å². The topological polar surface area (TPSA) is 108 Å². The molecule has 0 heterocycles. The number of nitrogens with one attached hydrogen (secondary N) is 2. The molecule has 10 heteroatoms. The fraction of sp³-hybridized carbons (Fsp3) is 0.160. The van der Waals surface area contributed by atoms with E-state index in [1.165, 1.54) is 23.4 Å². The van der Waals surface area contributed by atoms with Crippen LogP contribution in [0.4, 0.5) is 11.4 Å². The third kappa shape index (κ3) is 7.40. The van der Waals surface area contributed by atoms with Gasteiger partial charge in [-0.25, -0.2) is 13.8 Å². The first-order valence-electron chi connectivity index (χ1n) is 10.6. The van der Waals surface area contributed by atoms with Crippen LogP contribution in [0.2, 0.25) is 5.02 Å². The zero-order valence-corrected chi connectivity index (χ0v) is 21.0. The zero-order chi connectivity index (χ0) is 25.6. The molecule has 3 aromatic carbocycles. The lowest BCUT2D eigenvalue weighted by molar-refractivity contribution is -0.114. The van der Waals surface area contributed by atoms with Gasteiger partial charge in [0.15, 0.2) is 0 Å². The number of hydrogen-bond donors (Lipinski definition) is 2. The van der Waals surface area contributed by atoms with Crippen LogP contribution in [0.15, 0.2) is 77.9 Å². The molecule has 0 aliphatic heterocycles. The maximum Gasteiger partial charge on any atom is 0.271 e. The number of benzene rings is 3. The van der Waals surface area contributed by atoms with Crippen molar-refractivity contribution >= 4 is 50.5 Å². The second-order valence-corrected chi connectivity index (χ2v) is 10.2. The van der Waals surface area contributed by atoms with E-state index in [2.05, 4.69) is 15.8 Å². The van der Waals surface area contributed by atoms with Crippen LogP contribution in [0.3, 0.4) is 0 Å². The van der Waals surface area contributed by atoms with Crippen molar-refractivity contribution < 1.29 is 18.0 Å². The maximum absolute atomic E-state index is 12.5. The van der Waals surface area contributed by atoms with Gasteiger partial charge in [0, 0.05) is 23.2 Å². The standard InChI is InChI=1S/C25H25ClN4O4S/c1-17(20-6-12-23(13-7-20)27-18(2)31)28-29-25(32)21-8-14-24(15-9-21)30(35(3,33)34)16-19-4-10-22(26)11-5-19/h4-15H,16H2,1-3H3,(H,27,31)(H,29,32)/b28-17-.